The van der Waals surface area contributed by atoms with E-state index in [4.69, 9.17) is 0 Å². The van der Waals surface area contributed by atoms with Crippen molar-refractivity contribution in [1.82, 2.24) is 14.8 Å². The zero-order valence-electron chi connectivity index (χ0n) is 16.9. The maximum Gasteiger partial charge on any atom is 0.158 e. The minimum Gasteiger partial charge on any atom is -0.249 e. The van der Waals surface area contributed by atoms with E-state index in [0.29, 0.717) is 0 Å². The first kappa shape index (κ1) is 21.3. The summed E-state index contributed by atoms with van der Waals surface area (Å²) in [4.78, 5) is 4.63. The average Bonchev–Trinajstić information content (AvgIpc) is 2.95. The molecule has 2 aromatic rings. The Bertz CT molecular complexity index is 642. The summed E-state index contributed by atoms with van der Waals surface area (Å²) in [5.74, 6) is 1.65. The number of hydrogen-bond donors (Lipinski definition) is 0. The summed E-state index contributed by atoms with van der Waals surface area (Å²) < 4.78 is 15.8. The third-order valence-electron chi connectivity index (χ3n) is 4.64. The molecular formula is C21H34FN3. The zero-order chi connectivity index (χ0) is 19.0. The quantitative estimate of drug-likeness (QED) is 0.653. The van der Waals surface area contributed by atoms with Gasteiger partial charge < -0.3 is 0 Å². The monoisotopic (exact) mass is 347 g/mol. The van der Waals surface area contributed by atoms with Gasteiger partial charge in [-0.25, -0.2) is 14.1 Å². The van der Waals surface area contributed by atoms with Crippen LogP contribution in [0.5, 0.6) is 0 Å². The lowest BCUT2D eigenvalue weighted by atomic mass is 9.78. The normalized spacial score (nSPS) is 12.5. The number of aryl methyl sites for hydroxylation is 2. The second-order valence-electron chi connectivity index (χ2n) is 7.11. The van der Waals surface area contributed by atoms with Crippen molar-refractivity contribution in [2.24, 2.45) is 7.05 Å². The molecular weight excluding hydrogens is 313 g/mol. The fourth-order valence-electron chi connectivity index (χ4n) is 2.46. The van der Waals surface area contributed by atoms with Gasteiger partial charge in [-0.1, -0.05) is 71.7 Å². The van der Waals surface area contributed by atoms with E-state index in [1.54, 1.807) is 11.6 Å². The van der Waals surface area contributed by atoms with E-state index >= 15 is 0 Å². The zero-order valence-corrected chi connectivity index (χ0v) is 16.9. The summed E-state index contributed by atoms with van der Waals surface area (Å²) in [7, 11) is 1.89. The number of alkyl halides is 1. The molecule has 0 amide bonds. The van der Waals surface area contributed by atoms with Gasteiger partial charge in [0.25, 0.3) is 0 Å². The Labute approximate surface area is 152 Å². The van der Waals surface area contributed by atoms with Gasteiger partial charge in [-0.3, -0.25) is 0 Å². The highest BCUT2D eigenvalue weighted by atomic mass is 19.1. The van der Waals surface area contributed by atoms with Crippen LogP contribution in [0.1, 0.15) is 72.2 Å². The van der Waals surface area contributed by atoms with E-state index < -0.39 is 11.6 Å². The van der Waals surface area contributed by atoms with Gasteiger partial charge >= 0.3 is 0 Å². The van der Waals surface area contributed by atoms with Gasteiger partial charge in [0.2, 0.25) is 0 Å². The van der Waals surface area contributed by atoms with Crippen LogP contribution in [0.2, 0.25) is 0 Å². The minimum absolute atomic E-state index is 0.562. The summed E-state index contributed by atoms with van der Waals surface area (Å²) in [6, 6.07) is 7.90. The van der Waals surface area contributed by atoms with E-state index in [9.17, 15) is 4.39 Å². The topological polar surface area (TPSA) is 30.7 Å². The number of benzene rings is 1. The Balaban J connectivity index is 0.000000705. The second-order valence-corrected chi connectivity index (χ2v) is 7.11. The second kappa shape index (κ2) is 9.69. The van der Waals surface area contributed by atoms with Crippen molar-refractivity contribution in [2.45, 2.75) is 78.8 Å². The lowest BCUT2D eigenvalue weighted by Crippen LogP contribution is -2.28. The first-order valence-corrected chi connectivity index (χ1v) is 9.43. The van der Waals surface area contributed by atoms with Crippen LogP contribution >= 0.6 is 0 Å². The van der Waals surface area contributed by atoms with Crippen molar-refractivity contribution < 1.29 is 4.39 Å². The van der Waals surface area contributed by atoms with Crippen LogP contribution in [0, 0.1) is 0 Å². The average molecular weight is 348 g/mol. The lowest BCUT2D eigenvalue weighted by molar-refractivity contribution is 0.237. The first-order chi connectivity index (χ1) is 11.8. The SMILES string of the molecule is CCCC.CCCc1nc(-c2ccccc2C(C)(C)[C@@H](C)F)n(C)n1. The van der Waals surface area contributed by atoms with Crippen molar-refractivity contribution in [3.05, 3.63) is 35.7 Å². The Morgan fingerprint density at radius 2 is 1.68 bits per heavy atom. The Hall–Kier alpha value is -1.71. The summed E-state index contributed by atoms with van der Waals surface area (Å²) >= 11 is 0. The summed E-state index contributed by atoms with van der Waals surface area (Å²) in [5, 5.41) is 4.46. The molecule has 0 saturated heterocycles. The number of aromatic nitrogens is 3. The third kappa shape index (κ3) is 5.38. The summed E-state index contributed by atoms with van der Waals surface area (Å²) in [5.41, 5.74) is 1.37. The van der Waals surface area contributed by atoms with Gasteiger partial charge in [-0.05, 0) is 18.9 Å². The predicted octanol–water partition coefficient (Wildman–Crippen LogP) is 5.88. The number of hydrogen-bond acceptors (Lipinski definition) is 2. The molecule has 0 aliphatic carbocycles. The molecule has 0 bridgehead atoms. The molecule has 0 saturated carbocycles. The Morgan fingerprint density at radius 1 is 1.08 bits per heavy atom. The highest BCUT2D eigenvalue weighted by Gasteiger charge is 2.31. The van der Waals surface area contributed by atoms with Gasteiger partial charge in [-0.15, -0.1) is 0 Å². The largest absolute Gasteiger partial charge is 0.249 e. The molecule has 1 aromatic heterocycles. The molecule has 1 atom stereocenters. The molecule has 140 valence electrons. The van der Waals surface area contributed by atoms with Crippen LogP contribution in [0.4, 0.5) is 4.39 Å². The van der Waals surface area contributed by atoms with Crippen LogP contribution in [-0.4, -0.2) is 20.9 Å². The minimum atomic E-state index is -0.943. The first-order valence-electron chi connectivity index (χ1n) is 9.43. The van der Waals surface area contributed by atoms with Gasteiger partial charge in [0.15, 0.2) is 11.6 Å². The molecule has 1 aromatic carbocycles. The highest BCUT2D eigenvalue weighted by Crippen LogP contribution is 2.35. The van der Waals surface area contributed by atoms with E-state index in [0.717, 1.165) is 35.6 Å². The van der Waals surface area contributed by atoms with Crippen molar-refractivity contribution in [1.29, 1.82) is 0 Å². The van der Waals surface area contributed by atoms with E-state index in [-0.39, 0.29) is 0 Å². The highest BCUT2D eigenvalue weighted by molar-refractivity contribution is 5.62. The number of rotatable bonds is 6. The van der Waals surface area contributed by atoms with E-state index in [1.807, 2.05) is 45.2 Å². The summed E-state index contributed by atoms with van der Waals surface area (Å²) in [6.45, 7) is 11.9. The molecule has 4 heteroatoms. The smallest absolute Gasteiger partial charge is 0.158 e. The van der Waals surface area contributed by atoms with Crippen LogP contribution in [0.3, 0.4) is 0 Å². The van der Waals surface area contributed by atoms with Crippen molar-refractivity contribution >= 4 is 0 Å². The number of nitrogens with zero attached hydrogens (tertiary/aromatic N) is 3. The van der Waals surface area contributed by atoms with E-state index in [1.165, 1.54) is 12.8 Å². The fourth-order valence-corrected chi connectivity index (χ4v) is 2.46. The number of unbranched alkanes of at least 4 members (excludes halogenated alkanes) is 1. The third-order valence-corrected chi connectivity index (χ3v) is 4.64. The van der Waals surface area contributed by atoms with Crippen LogP contribution in [-0.2, 0) is 18.9 Å². The van der Waals surface area contributed by atoms with Gasteiger partial charge in [0.05, 0.1) is 0 Å². The predicted molar refractivity (Wildman–Crippen MR) is 105 cm³/mol. The molecule has 25 heavy (non-hydrogen) atoms. The molecule has 0 radical (unpaired) electrons. The lowest BCUT2D eigenvalue weighted by Gasteiger charge is -2.29. The molecule has 0 spiro atoms. The van der Waals surface area contributed by atoms with Crippen molar-refractivity contribution in [3.63, 3.8) is 0 Å². The molecule has 0 aliphatic rings. The van der Waals surface area contributed by atoms with E-state index in [2.05, 4.69) is 30.9 Å². The molecule has 2 rings (SSSR count). The molecule has 1 heterocycles. The van der Waals surface area contributed by atoms with Gasteiger partial charge in [0, 0.05) is 24.4 Å². The molecule has 0 fully saturated rings. The van der Waals surface area contributed by atoms with Crippen LogP contribution < -0.4 is 0 Å². The van der Waals surface area contributed by atoms with Crippen LogP contribution in [0.25, 0.3) is 11.4 Å². The van der Waals surface area contributed by atoms with Gasteiger partial charge in [0.1, 0.15) is 6.17 Å². The maximum atomic E-state index is 14.0. The standard InChI is InChI=1S/C17H24FN3.C4H10/c1-6-9-15-19-16(21(5)20-15)13-10-7-8-11-14(13)17(3,4)12(2)18;1-3-4-2/h7-8,10-12H,6,9H2,1-5H3;3-4H2,1-2H3/t12-;/m1./s1. The molecule has 0 N–H and O–H groups in total. The molecule has 0 unspecified atom stereocenters. The van der Waals surface area contributed by atoms with Gasteiger partial charge in [-0.2, -0.15) is 5.10 Å². The van der Waals surface area contributed by atoms with Crippen molar-refractivity contribution in [2.75, 3.05) is 0 Å². The maximum absolute atomic E-state index is 14.0. The molecule has 3 nitrogen and oxygen atoms in total. The van der Waals surface area contributed by atoms with Crippen LogP contribution in [0.15, 0.2) is 24.3 Å². The molecule has 0 aliphatic heterocycles. The van der Waals surface area contributed by atoms with Crippen molar-refractivity contribution in [3.8, 4) is 11.4 Å². The fraction of sp³-hybridized carbons (Fsp3) is 0.619. The Morgan fingerprint density at radius 3 is 2.20 bits per heavy atom. The number of halogens is 1. The summed E-state index contributed by atoms with van der Waals surface area (Å²) in [6.07, 6.45) is 3.57. The Kier molecular flexibility index (Phi) is 8.27.